The molecular weight excluding hydrogens is 705 g/mol. The van der Waals surface area contributed by atoms with Gasteiger partial charge in [0.25, 0.3) is 0 Å². The van der Waals surface area contributed by atoms with Crippen LogP contribution >= 0.6 is 0 Å². The molecule has 20 N–H and O–H groups in total. The summed E-state index contributed by atoms with van der Waals surface area (Å²) in [7, 11) is 0. The van der Waals surface area contributed by atoms with Crippen LogP contribution in [-0.4, -0.2) is 203 Å². The van der Waals surface area contributed by atoms with Gasteiger partial charge >= 0.3 is 0 Å². The van der Waals surface area contributed by atoms with Crippen molar-refractivity contribution in [1.82, 2.24) is 40.9 Å². The monoisotopic (exact) mass is 805 g/mol. The van der Waals surface area contributed by atoms with Crippen LogP contribution in [0.15, 0.2) is 0 Å². The second kappa shape index (κ2) is 50.5. The molecule has 56 heavy (non-hydrogen) atoms. The molecule has 2 fully saturated rings. The van der Waals surface area contributed by atoms with E-state index < -0.39 is 0 Å². The number of piperazine rings is 2. The van der Waals surface area contributed by atoms with E-state index >= 15 is 0 Å². The topological polar surface area (TPSA) is 269 Å². The van der Waals surface area contributed by atoms with Crippen LogP contribution in [0.5, 0.6) is 0 Å². The van der Waals surface area contributed by atoms with Gasteiger partial charge in [-0.3, -0.25) is 4.90 Å². The average Bonchev–Trinajstić information content (AvgIpc) is 3.22. The average molecular weight is 805 g/mol. The van der Waals surface area contributed by atoms with Crippen molar-refractivity contribution >= 4 is 0 Å². The second-order valence-electron chi connectivity index (χ2n) is 14.9. The van der Waals surface area contributed by atoms with Crippen molar-refractivity contribution in [1.29, 1.82) is 0 Å². The molecule has 0 atom stereocenters. The first-order chi connectivity index (χ1) is 27.6. The van der Waals surface area contributed by atoms with Gasteiger partial charge in [0.1, 0.15) is 0 Å². The minimum Gasteiger partial charge on any atom is -0.330 e. The molecule has 0 radical (unpaired) electrons. The van der Waals surface area contributed by atoms with Crippen LogP contribution in [0.25, 0.3) is 0 Å². The van der Waals surface area contributed by atoms with E-state index in [1.165, 1.54) is 123 Å². The third kappa shape index (κ3) is 44.5. The minimum absolute atomic E-state index is 0.719. The third-order valence-electron chi connectivity index (χ3n) is 9.87. The lowest BCUT2D eigenvalue weighted by Crippen LogP contribution is -2.47. The van der Waals surface area contributed by atoms with Crippen molar-refractivity contribution in [2.45, 2.75) is 77.0 Å². The smallest absolute Gasteiger partial charge is 0.0110 e. The zero-order valence-electron chi connectivity index (χ0n) is 36.7. The van der Waals surface area contributed by atoms with Gasteiger partial charge in [-0.15, -0.1) is 0 Å². The Labute approximate surface area is 346 Å². The molecule has 2 aliphatic rings. The Kier molecular flexibility index (Phi) is 51.8. The van der Waals surface area contributed by atoms with Crippen LogP contribution in [0.2, 0.25) is 0 Å². The highest BCUT2D eigenvalue weighted by molar-refractivity contribution is 4.72. The number of hydrogen-bond donors (Lipinski definition) is 12. The molecule has 0 aromatic heterocycles. The van der Waals surface area contributed by atoms with Crippen LogP contribution in [0, 0.1) is 0 Å². The second-order valence-corrected chi connectivity index (χ2v) is 14.9. The summed E-state index contributed by atoms with van der Waals surface area (Å²) in [6, 6.07) is 0. The molecule has 2 rings (SSSR count). The van der Waals surface area contributed by atoms with E-state index in [1.54, 1.807) is 0 Å². The summed E-state index contributed by atoms with van der Waals surface area (Å²) >= 11 is 0. The Hall–Kier alpha value is -0.640. The van der Waals surface area contributed by atoms with Crippen LogP contribution in [0.1, 0.15) is 77.0 Å². The number of hydrogen-bond acceptors (Lipinski definition) is 16. The normalized spacial score (nSPS) is 15.2. The predicted molar refractivity (Wildman–Crippen MR) is 245 cm³/mol. The molecular formula is C40H100N16. The number of nitrogens with zero attached hydrogens (tertiary/aromatic N) is 4. The predicted octanol–water partition coefficient (Wildman–Crippen LogP) is -2.11. The largest absolute Gasteiger partial charge is 0.330 e. The van der Waals surface area contributed by atoms with Gasteiger partial charge in [-0.25, -0.2) is 0 Å². The summed E-state index contributed by atoms with van der Waals surface area (Å²) in [5.74, 6) is 0. The van der Waals surface area contributed by atoms with Gasteiger partial charge in [-0.2, -0.15) is 0 Å². The highest BCUT2D eigenvalue weighted by Crippen LogP contribution is 2.04. The molecule has 0 aromatic carbocycles. The van der Waals surface area contributed by atoms with Crippen molar-refractivity contribution in [2.75, 3.05) is 183 Å². The summed E-state index contributed by atoms with van der Waals surface area (Å²) in [6.45, 7) is 28.4. The fourth-order valence-electron chi connectivity index (χ4n) is 6.49. The fourth-order valence-corrected chi connectivity index (χ4v) is 6.49. The van der Waals surface area contributed by atoms with Gasteiger partial charge < -0.3 is 81.8 Å². The molecule has 2 heterocycles. The Balaban J connectivity index is 0. The maximum Gasteiger partial charge on any atom is 0.0110 e. The fraction of sp³-hybridized carbons (Fsp3) is 1.00. The standard InChI is InChI=1S/2C11H26N4.2C9H24N4/c12-4-6-13-5-2-1-3-9-15-10-7-14-8-11-15;12-4-2-1-3-6-14-8-10-15(7-5-13)11-9-14;10-4-8-12-6-2-1-3-7-13-9-5-11;10-4-2-1-3-7-13(8-5-11)9-6-12/h13-14H,1-12H2;1-13H2;12-13H,1-11H2;1-12H2. The number of nitrogens with two attached hydrogens (primary N) is 8. The van der Waals surface area contributed by atoms with Crippen molar-refractivity contribution in [3.63, 3.8) is 0 Å². The summed E-state index contributed by atoms with van der Waals surface area (Å²) in [5, 5.41) is 13.2. The summed E-state index contributed by atoms with van der Waals surface area (Å²) < 4.78 is 0. The zero-order valence-corrected chi connectivity index (χ0v) is 36.7. The van der Waals surface area contributed by atoms with Crippen molar-refractivity contribution in [3.05, 3.63) is 0 Å². The summed E-state index contributed by atoms with van der Waals surface area (Å²) in [4.78, 5) is 9.89. The molecule has 0 amide bonds. The van der Waals surface area contributed by atoms with Gasteiger partial charge in [-0.1, -0.05) is 25.7 Å². The van der Waals surface area contributed by atoms with E-state index in [-0.39, 0.29) is 0 Å². The van der Waals surface area contributed by atoms with E-state index in [4.69, 9.17) is 45.9 Å². The Morgan fingerprint density at radius 3 is 1.14 bits per heavy atom. The number of nitrogens with one attached hydrogen (secondary N) is 4. The highest BCUT2D eigenvalue weighted by atomic mass is 15.3. The van der Waals surface area contributed by atoms with E-state index in [0.29, 0.717) is 0 Å². The molecule has 2 aliphatic heterocycles. The lowest BCUT2D eigenvalue weighted by Gasteiger charge is -2.34. The number of unbranched alkanes of at least 4 members (excludes halogenated alkanes) is 8. The van der Waals surface area contributed by atoms with Crippen LogP contribution in [0.4, 0.5) is 0 Å². The van der Waals surface area contributed by atoms with E-state index in [2.05, 4.69) is 40.9 Å². The van der Waals surface area contributed by atoms with Crippen molar-refractivity contribution in [3.8, 4) is 0 Å². The maximum atomic E-state index is 5.54. The van der Waals surface area contributed by atoms with Crippen LogP contribution in [-0.2, 0) is 0 Å². The first-order valence-electron chi connectivity index (χ1n) is 22.9. The molecule has 0 spiro atoms. The molecule has 0 aliphatic carbocycles. The van der Waals surface area contributed by atoms with Gasteiger partial charge in [0.05, 0.1) is 0 Å². The molecule has 0 unspecified atom stereocenters. The Morgan fingerprint density at radius 2 is 0.732 bits per heavy atom. The quantitative estimate of drug-likeness (QED) is 0.0311. The minimum atomic E-state index is 0.719. The lowest BCUT2D eigenvalue weighted by molar-refractivity contribution is 0.133. The number of rotatable bonds is 34. The van der Waals surface area contributed by atoms with Gasteiger partial charge in [-0.05, 0) is 104 Å². The third-order valence-corrected chi connectivity index (χ3v) is 9.87. The molecule has 0 bridgehead atoms. The van der Waals surface area contributed by atoms with Crippen LogP contribution < -0.4 is 67.1 Å². The lowest BCUT2D eigenvalue weighted by atomic mass is 10.2. The van der Waals surface area contributed by atoms with Crippen LogP contribution in [0.3, 0.4) is 0 Å². The maximum absolute atomic E-state index is 5.54. The van der Waals surface area contributed by atoms with Gasteiger partial charge in [0, 0.05) is 131 Å². The Morgan fingerprint density at radius 1 is 0.339 bits per heavy atom. The molecule has 16 heteroatoms. The van der Waals surface area contributed by atoms with Crippen molar-refractivity contribution in [2.24, 2.45) is 45.9 Å². The molecule has 2 saturated heterocycles. The SMILES string of the molecule is NCCCCCN(CCN)CCN.NCCCCCN1CCN(CCN)CC1.NCCNCCCCCN1CCNCC1.NCCNCCCCCNCCN. The Bertz CT molecular complexity index is 662. The van der Waals surface area contributed by atoms with E-state index in [0.717, 1.165) is 137 Å². The van der Waals surface area contributed by atoms with Crippen molar-refractivity contribution < 1.29 is 0 Å². The van der Waals surface area contributed by atoms with E-state index in [9.17, 15) is 0 Å². The van der Waals surface area contributed by atoms with Gasteiger partial charge in [0.2, 0.25) is 0 Å². The molecule has 340 valence electrons. The highest BCUT2D eigenvalue weighted by Gasteiger charge is 2.15. The summed E-state index contributed by atoms with van der Waals surface area (Å²) in [6.07, 6.45) is 15.0. The molecule has 0 saturated carbocycles. The molecule has 0 aromatic rings. The van der Waals surface area contributed by atoms with E-state index in [1.807, 2.05) is 0 Å². The zero-order chi connectivity index (χ0) is 41.4. The summed E-state index contributed by atoms with van der Waals surface area (Å²) in [5.41, 5.74) is 43.5. The first kappa shape index (κ1) is 57.5. The van der Waals surface area contributed by atoms with Gasteiger partial charge in [0.15, 0.2) is 0 Å². The molecule has 16 nitrogen and oxygen atoms in total. The first-order valence-corrected chi connectivity index (χ1v) is 22.9.